The van der Waals surface area contributed by atoms with Gasteiger partial charge in [0.2, 0.25) is 0 Å². The molecule has 2 amide bonds. The summed E-state index contributed by atoms with van der Waals surface area (Å²) in [5.74, 6) is 0.599. The number of quaternary nitrogens is 1. The Balaban J connectivity index is 1.45. The van der Waals surface area contributed by atoms with E-state index in [1.54, 1.807) is 19.1 Å². The second kappa shape index (κ2) is 9.76. The van der Waals surface area contributed by atoms with Gasteiger partial charge in [0.15, 0.2) is 12.6 Å². The number of amides is 2. The number of hydrogen-bond donors (Lipinski definition) is 2. The van der Waals surface area contributed by atoms with E-state index in [0.717, 1.165) is 23.6 Å². The summed E-state index contributed by atoms with van der Waals surface area (Å²) in [7, 11) is 0. The zero-order valence-corrected chi connectivity index (χ0v) is 17.5. The second-order valence-corrected chi connectivity index (χ2v) is 7.76. The van der Waals surface area contributed by atoms with E-state index in [9.17, 15) is 9.59 Å². The molecule has 2 N–H and O–H groups in total. The van der Waals surface area contributed by atoms with Gasteiger partial charge in [-0.1, -0.05) is 35.9 Å². The molecule has 2 aromatic carbocycles. The highest BCUT2D eigenvalue weighted by Gasteiger charge is 2.28. The Labute approximate surface area is 176 Å². The molecular weight excluding hydrogens is 390 g/mol. The summed E-state index contributed by atoms with van der Waals surface area (Å²) >= 11 is 6.08. The Morgan fingerprint density at radius 1 is 1.17 bits per heavy atom. The maximum atomic E-state index is 12.7. The van der Waals surface area contributed by atoms with Crippen LogP contribution in [0.15, 0.2) is 48.5 Å². The number of ether oxygens (including phenoxy) is 1. The smallest absolute Gasteiger partial charge is 0.279 e. The number of halogens is 1. The fraction of sp³-hybridized carbons (Fsp3) is 0.364. The highest BCUT2D eigenvalue weighted by Crippen LogP contribution is 2.20. The maximum absolute atomic E-state index is 12.7. The van der Waals surface area contributed by atoms with Crippen LogP contribution in [0.4, 0.5) is 5.69 Å². The van der Waals surface area contributed by atoms with Gasteiger partial charge in [0, 0.05) is 0 Å². The normalized spacial score (nSPS) is 15.6. The van der Waals surface area contributed by atoms with Crippen LogP contribution in [0, 0.1) is 6.92 Å². The highest BCUT2D eigenvalue weighted by molar-refractivity contribution is 6.33. The molecule has 0 saturated carbocycles. The molecule has 2 aromatic rings. The van der Waals surface area contributed by atoms with Crippen LogP contribution in [0.5, 0.6) is 5.75 Å². The van der Waals surface area contributed by atoms with Gasteiger partial charge >= 0.3 is 0 Å². The number of carbonyl (C=O) groups excluding carboxylic acids is 2. The van der Waals surface area contributed by atoms with Crippen LogP contribution in [0.2, 0.25) is 5.02 Å². The summed E-state index contributed by atoms with van der Waals surface area (Å²) in [5.41, 5.74) is 1.71. The van der Waals surface area contributed by atoms with Crippen molar-refractivity contribution in [2.75, 3.05) is 38.0 Å². The Morgan fingerprint density at radius 3 is 2.59 bits per heavy atom. The molecule has 3 rings (SSSR count). The number of anilines is 1. The number of para-hydroxylation sites is 1. The predicted molar refractivity (Wildman–Crippen MR) is 113 cm³/mol. The Hall–Kier alpha value is -2.57. The molecule has 0 spiro atoms. The Morgan fingerprint density at radius 2 is 1.90 bits per heavy atom. The molecule has 1 aliphatic rings. The van der Waals surface area contributed by atoms with Crippen LogP contribution < -0.4 is 15.0 Å². The van der Waals surface area contributed by atoms with Gasteiger partial charge < -0.3 is 19.9 Å². The van der Waals surface area contributed by atoms with Crippen molar-refractivity contribution in [1.82, 2.24) is 4.90 Å². The monoisotopic (exact) mass is 416 g/mol. The summed E-state index contributed by atoms with van der Waals surface area (Å²) in [5, 5.41) is 3.37. The molecular formula is C22H27ClN3O3+. The van der Waals surface area contributed by atoms with Crippen molar-refractivity contribution >= 4 is 29.1 Å². The average Bonchev–Trinajstić information content (AvgIpc) is 2.70. The summed E-state index contributed by atoms with van der Waals surface area (Å²) in [4.78, 5) is 27.9. The molecule has 0 radical (unpaired) electrons. The van der Waals surface area contributed by atoms with E-state index in [2.05, 4.69) is 5.32 Å². The number of hydrogen-bond acceptors (Lipinski definition) is 3. The number of aryl methyl sites for hydroxylation is 1. The molecule has 1 aliphatic heterocycles. The topological polar surface area (TPSA) is 63.1 Å². The number of benzene rings is 2. The summed E-state index contributed by atoms with van der Waals surface area (Å²) < 4.78 is 5.80. The number of piperazine rings is 1. The first-order valence-electron chi connectivity index (χ1n) is 9.82. The molecule has 0 aromatic heterocycles. The minimum absolute atomic E-state index is 0.0222. The van der Waals surface area contributed by atoms with Gasteiger partial charge in [-0.3, -0.25) is 9.59 Å². The molecule has 7 heteroatoms. The summed E-state index contributed by atoms with van der Waals surface area (Å²) in [6, 6.07) is 14.9. The van der Waals surface area contributed by atoms with Gasteiger partial charge in [0.25, 0.3) is 11.8 Å². The van der Waals surface area contributed by atoms with Gasteiger partial charge in [0.1, 0.15) is 5.75 Å². The fourth-order valence-corrected chi connectivity index (χ4v) is 3.59. The van der Waals surface area contributed by atoms with Crippen LogP contribution in [0.3, 0.4) is 0 Å². The molecule has 154 valence electrons. The molecule has 0 bridgehead atoms. The highest BCUT2D eigenvalue weighted by atomic mass is 35.5. The van der Waals surface area contributed by atoms with Crippen molar-refractivity contribution in [3.63, 3.8) is 0 Å². The largest absolute Gasteiger partial charge is 0.481 e. The first-order chi connectivity index (χ1) is 13.9. The minimum atomic E-state index is -0.540. The third kappa shape index (κ3) is 5.95. The lowest BCUT2D eigenvalue weighted by molar-refractivity contribution is -0.895. The zero-order valence-electron chi connectivity index (χ0n) is 16.8. The average molecular weight is 417 g/mol. The molecule has 1 fully saturated rings. The number of nitrogens with zero attached hydrogens (tertiary/aromatic N) is 1. The Bertz CT molecular complexity index is 866. The molecule has 1 atom stereocenters. The van der Waals surface area contributed by atoms with E-state index in [1.807, 2.05) is 48.2 Å². The van der Waals surface area contributed by atoms with Gasteiger partial charge in [0.05, 0.1) is 36.9 Å². The second-order valence-electron chi connectivity index (χ2n) is 7.36. The van der Waals surface area contributed by atoms with E-state index in [4.69, 9.17) is 16.3 Å². The van der Waals surface area contributed by atoms with Crippen molar-refractivity contribution in [2.45, 2.75) is 20.0 Å². The van der Waals surface area contributed by atoms with E-state index >= 15 is 0 Å². The SMILES string of the molecule is Cc1cccc(O[C@@H](C)C(=O)N2CC[NH+](CC(=O)Nc3ccccc3Cl)CC2)c1. The summed E-state index contributed by atoms with van der Waals surface area (Å²) in [6.07, 6.45) is -0.540. The number of nitrogens with one attached hydrogen (secondary N) is 2. The summed E-state index contributed by atoms with van der Waals surface area (Å²) in [6.45, 7) is 6.77. The number of rotatable bonds is 6. The first kappa shape index (κ1) is 21.1. The van der Waals surface area contributed by atoms with Crippen LogP contribution in [0.1, 0.15) is 12.5 Å². The van der Waals surface area contributed by atoms with Gasteiger partial charge in [-0.05, 0) is 43.7 Å². The third-order valence-corrected chi connectivity index (χ3v) is 5.32. The van der Waals surface area contributed by atoms with Crippen molar-refractivity contribution in [3.05, 3.63) is 59.1 Å². The Kier molecular flexibility index (Phi) is 7.12. The van der Waals surface area contributed by atoms with Crippen LogP contribution in [-0.2, 0) is 9.59 Å². The lowest BCUT2D eigenvalue weighted by Gasteiger charge is -2.33. The van der Waals surface area contributed by atoms with E-state index in [1.165, 1.54) is 0 Å². The molecule has 1 saturated heterocycles. The quantitative estimate of drug-likeness (QED) is 0.754. The molecule has 1 heterocycles. The van der Waals surface area contributed by atoms with E-state index in [0.29, 0.717) is 36.1 Å². The van der Waals surface area contributed by atoms with Gasteiger partial charge in [-0.15, -0.1) is 0 Å². The molecule has 29 heavy (non-hydrogen) atoms. The number of carbonyl (C=O) groups is 2. The third-order valence-electron chi connectivity index (χ3n) is 4.99. The molecule has 0 unspecified atom stereocenters. The van der Waals surface area contributed by atoms with Gasteiger partial charge in [-0.2, -0.15) is 0 Å². The maximum Gasteiger partial charge on any atom is 0.279 e. The van der Waals surface area contributed by atoms with Gasteiger partial charge in [-0.25, -0.2) is 0 Å². The van der Waals surface area contributed by atoms with Crippen molar-refractivity contribution in [3.8, 4) is 5.75 Å². The minimum Gasteiger partial charge on any atom is -0.481 e. The van der Waals surface area contributed by atoms with Crippen LogP contribution in [0.25, 0.3) is 0 Å². The van der Waals surface area contributed by atoms with Crippen molar-refractivity contribution in [1.29, 1.82) is 0 Å². The molecule has 6 nitrogen and oxygen atoms in total. The lowest BCUT2D eigenvalue weighted by atomic mass is 10.2. The van der Waals surface area contributed by atoms with Crippen LogP contribution in [-0.4, -0.2) is 55.5 Å². The first-order valence-corrected chi connectivity index (χ1v) is 10.2. The lowest BCUT2D eigenvalue weighted by Crippen LogP contribution is -3.15. The standard InChI is InChI=1S/C22H26ClN3O3/c1-16-6-5-7-18(14-16)29-17(2)22(28)26-12-10-25(11-13-26)15-21(27)24-20-9-4-3-8-19(20)23/h3-9,14,17H,10-13,15H2,1-2H3,(H,24,27)/p+1/t17-/m0/s1. The van der Waals surface area contributed by atoms with Crippen molar-refractivity contribution < 1.29 is 19.2 Å². The van der Waals surface area contributed by atoms with E-state index in [-0.39, 0.29) is 11.8 Å². The van der Waals surface area contributed by atoms with Crippen molar-refractivity contribution in [2.24, 2.45) is 0 Å². The zero-order chi connectivity index (χ0) is 20.8. The predicted octanol–water partition coefficient (Wildman–Crippen LogP) is 1.78. The fourth-order valence-electron chi connectivity index (χ4n) is 3.40. The molecule has 0 aliphatic carbocycles. The van der Waals surface area contributed by atoms with Crippen LogP contribution >= 0.6 is 11.6 Å². The van der Waals surface area contributed by atoms with E-state index < -0.39 is 6.10 Å².